The molecule has 152 valence electrons. The van der Waals surface area contributed by atoms with Crippen molar-refractivity contribution in [3.8, 4) is 5.75 Å². The van der Waals surface area contributed by atoms with E-state index in [1.165, 1.54) is 16.2 Å². The molecule has 4 rings (SSSR count). The molecule has 2 N–H and O–H groups in total. The molecule has 0 saturated heterocycles. The smallest absolute Gasteiger partial charge is 0.268 e. The Morgan fingerprint density at radius 1 is 1.03 bits per heavy atom. The number of hydrogen-bond acceptors (Lipinski definition) is 5. The van der Waals surface area contributed by atoms with E-state index in [1.807, 2.05) is 23.6 Å². The third kappa shape index (κ3) is 4.18. The lowest BCUT2D eigenvalue weighted by Crippen LogP contribution is -2.47. The standard InChI is InChI=1S/C22H19N3O4S/c1-14-22(28)25(13-20(26)23-15-6-3-2-4-7-15)17-12-16(9-10-18(17)29-14)24-21(27)19-8-5-11-30-19/h2-12,14H,13H2,1H3,(H,23,26)(H,24,27). The summed E-state index contributed by atoms with van der Waals surface area (Å²) in [6, 6.07) is 17.6. The highest BCUT2D eigenvalue weighted by Crippen LogP contribution is 2.36. The number of carbonyl (C=O) groups excluding carboxylic acids is 3. The van der Waals surface area contributed by atoms with Gasteiger partial charge in [-0.1, -0.05) is 24.3 Å². The summed E-state index contributed by atoms with van der Waals surface area (Å²) in [6.45, 7) is 1.47. The van der Waals surface area contributed by atoms with Gasteiger partial charge in [-0.2, -0.15) is 0 Å². The van der Waals surface area contributed by atoms with Crippen LogP contribution >= 0.6 is 11.3 Å². The maximum atomic E-state index is 12.7. The third-order valence-corrected chi connectivity index (χ3v) is 5.40. The summed E-state index contributed by atoms with van der Waals surface area (Å²) in [5.41, 5.74) is 1.59. The van der Waals surface area contributed by atoms with E-state index in [4.69, 9.17) is 4.74 Å². The average molecular weight is 421 g/mol. The number of ether oxygens (including phenoxy) is 1. The summed E-state index contributed by atoms with van der Waals surface area (Å²) in [6.07, 6.45) is -0.714. The molecular formula is C22H19N3O4S. The number of hydrogen-bond donors (Lipinski definition) is 2. The molecule has 7 nitrogen and oxygen atoms in total. The fraction of sp³-hybridized carbons (Fsp3) is 0.136. The maximum Gasteiger partial charge on any atom is 0.268 e. The van der Waals surface area contributed by atoms with Crippen LogP contribution in [0.4, 0.5) is 17.1 Å². The zero-order chi connectivity index (χ0) is 21.1. The van der Waals surface area contributed by atoms with Crippen molar-refractivity contribution in [1.29, 1.82) is 0 Å². The lowest BCUT2D eigenvalue weighted by Gasteiger charge is -2.33. The fourth-order valence-electron chi connectivity index (χ4n) is 3.11. The van der Waals surface area contributed by atoms with Crippen LogP contribution in [0.3, 0.4) is 0 Å². The molecule has 1 aromatic heterocycles. The molecule has 0 saturated carbocycles. The number of nitrogens with zero attached hydrogens (tertiary/aromatic N) is 1. The van der Waals surface area contributed by atoms with Crippen LogP contribution in [0.25, 0.3) is 0 Å². The highest BCUT2D eigenvalue weighted by atomic mass is 32.1. The van der Waals surface area contributed by atoms with Crippen LogP contribution in [0.5, 0.6) is 5.75 Å². The lowest BCUT2D eigenvalue weighted by molar-refractivity contribution is -0.127. The number of rotatable bonds is 5. The Morgan fingerprint density at radius 3 is 2.57 bits per heavy atom. The van der Waals surface area contributed by atoms with Crippen molar-refractivity contribution in [2.45, 2.75) is 13.0 Å². The molecule has 3 amide bonds. The van der Waals surface area contributed by atoms with E-state index in [9.17, 15) is 14.4 Å². The van der Waals surface area contributed by atoms with Gasteiger partial charge in [0.1, 0.15) is 12.3 Å². The molecule has 1 aliphatic heterocycles. The minimum absolute atomic E-state index is 0.170. The van der Waals surface area contributed by atoms with Gasteiger partial charge < -0.3 is 15.4 Å². The van der Waals surface area contributed by atoms with Gasteiger partial charge in [-0.25, -0.2) is 0 Å². The van der Waals surface area contributed by atoms with Crippen molar-refractivity contribution in [3.63, 3.8) is 0 Å². The minimum Gasteiger partial charge on any atom is -0.479 e. The lowest BCUT2D eigenvalue weighted by atomic mass is 10.1. The van der Waals surface area contributed by atoms with Crippen LogP contribution in [-0.4, -0.2) is 30.4 Å². The van der Waals surface area contributed by atoms with Crippen LogP contribution in [-0.2, 0) is 9.59 Å². The summed E-state index contributed by atoms with van der Waals surface area (Å²) in [4.78, 5) is 39.6. The second-order valence-electron chi connectivity index (χ2n) is 6.71. The molecular weight excluding hydrogens is 402 g/mol. The Labute approximate surface area is 177 Å². The van der Waals surface area contributed by atoms with E-state index in [0.717, 1.165) is 0 Å². The number of fused-ring (bicyclic) bond motifs is 1. The number of nitrogens with one attached hydrogen (secondary N) is 2. The summed E-state index contributed by atoms with van der Waals surface area (Å²) in [5.74, 6) is -0.423. The Morgan fingerprint density at radius 2 is 1.83 bits per heavy atom. The molecule has 2 aromatic carbocycles. The molecule has 1 unspecified atom stereocenters. The van der Waals surface area contributed by atoms with Gasteiger partial charge in [0.15, 0.2) is 6.10 Å². The van der Waals surface area contributed by atoms with Crippen molar-refractivity contribution in [2.24, 2.45) is 0 Å². The van der Waals surface area contributed by atoms with E-state index in [-0.39, 0.29) is 24.3 Å². The number of anilines is 3. The Kier molecular flexibility index (Phi) is 5.49. The summed E-state index contributed by atoms with van der Waals surface area (Å²) in [5, 5.41) is 7.41. The number of thiophene rings is 1. The first-order valence-corrected chi connectivity index (χ1v) is 10.2. The number of carbonyl (C=O) groups is 3. The summed E-state index contributed by atoms with van der Waals surface area (Å²) in [7, 11) is 0. The van der Waals surface area contributed by atoms with Crippen LogP contribution in [0.1, 0.15) is 16.6 Å². The van der Waals surface area contributed by atoms with Crippen molar-refractivity contribution >= 4 is 46.1 Å². The van der Waals surface area contributed by atoms with Gasteiger partial charge in [0, 0.05) is 11.4 Å². The average Bonchev–Trinajstić information content (AvgIpc) is 3.28. The highest BCUT2D eigenvalue weighted by molar-refractivity contribution is 7.12. The molecule has 0 spiro atoms. The topological polar surface area (TPSA) is 87.7 Å². The van der Waals surface area contributed by atoms with Crippen LogP contribution in [0, 0.1) is 0 Å². The van der Waals surface area contributed by atoms with Crippen molar-refractivity contribution in [2.75, 3.05) is 22.1 Å². The highest BCUT2D eigenvalue weighted by Gasteiger charge is 2.33. The third-order valence-electron chi connectivity index (χ3n) is 4.53. The zero-order valence-corrected chi connectivity index (χ0v) is 16.9. The van der Waals surface area contributed by atoms with E-state index >= 15 is 0 Å². The molecule has 2 heterocycles. The number of amides is 3. The van der Waals surface area contributed by atoms with Crippen molar-refractivity contribution in [3.05, 3.63) is 70.9 Å². The Balaban J connectivity index is 1.56. The Hall–Kier alpha value is -3.65. The van der Waals surface area contributed by atoms with Gasteiger partial charge in [-0.3, -0.25) is 19.3 Å². The van der Waals surface area contributed by atoms with Crippen molar-refractivity contribution in [1.82, 2.24) is 0 Å². The van der Waals surface area contributed by atoms with E-state index < -0.39 is 6.10 Å². The molecule has 0 radical (unpaired) electrons. The SMILES string of the molecule is CC1Oc2ccc(NC(=O)c3cccs3)cc2N(CC(=O)Nc2ccccc2)C1=O. The molecule has 0 aliphatic carbocycles. The molecule has 30 heavy (non-hydrogen) atoms. The molecule has 0 fully saturated rings. The molecule has 3 aromatic rings. The largest absolute Gasteiger partial charge is 0.479 e. The number of benzene rings is 2. The predicted molar refractivity (Wildman–Crippen MR) is 116 cm³/mol. The van der Waals surface area contributed by atoms with Gasteiger partial charge in [0.25, 0.3) is 11.8 Å². The van der Waals surface area contributed by atoms with Gasteiger partial charge >= 0.3 is 0 Å². The molecule has 8 heteroatoms. The van der Waals surface area contributed by atoms with Gasteiger partial charge in [0.2, 0.25) is 5.91 Å². The second-order valence-corrected chi connectivity index (χ2v) is 7.66. The van der Waals surface area contributed by atoms with E-state index in [0.29, 0.717) is 27.7 Å². The molecule has 0 bridgehead atoms. The summed E-state index contributed by atoms with van der Waals surface area (Å²) < 4.78 is 5.67. The van der Waals surface area contributed by atoms with Crippen LogP contribution in [0.15, 0.2) is 66.0 Å². The van der Waals surface area contributed by atoms with Gasteiger partial charge in [0.05, 0.1) is 10.6 Å². The monoisotopic (exact) mass is 421 g/mol. The Bertz CT molecular complexity index is 1080. The normalized spacial score (nSPS) is 15.2. The predicted octanol–water partition coefficient (Wildman–Crippen LogP) is 3.75. The first-order valence-electron chi connectivity index (χ1n) is 9.33. The van der Waals surface area contributed by atoms with Gasteiger partial charge in [-0.15, -0.1) is 11.3 Å². The van der Waals surface area contributed by atoms with Crippen LogP contribution in [0.2, 0.25) is 0 Å². The maximum absolute atomic E-state index is 12.7. The quantitative estimate of drug-likeness (QED) is 0.657. The molecule has 1 atom stereocenters. The zero-order valence-electron chi connectivity index (χ0n) is 16.1. The van der Waals surface area contributed by atoms with Gasteiger partial charge in [-0.05, 0) is 48.7 Å². The van der Waals surface area contributed by atoms with E-state index in [1.54, 1.807) is 49.4 Å². The first-order chi connectivity index (χ1) is 14.5. The minimum atomic E-state index is -0.714. The fourth-order valence-corrected chi connectivity index (χ4v) is 3.73. The molecule has 1 aliphatic rings. The number of para-hydroxylation sites is 1. The van der Waals surface area contributed by atoms with Crippen molar-refractivity contribution < 1.29 is 19.1 Å². The van der Waals surface area contributed by atoms with E-state index in [2.05, 4.69) is 10.6 Å². The van der Waals surface area contributed by atoms with Crippen LogP contribution < -0.4 is 20.3 Å². The first kappa shape index (κ1) is 19.7. The summed E-state index contributed by atoms with van der Waals surface area (Å²) >= 11 is 1.34. The second kappa shape index (κ2) is 8.38.